The zero-order valence-corrected chi connectivity index (χ0v) is 19.0. The van der Waals surface area contributed by atoms with Gasteiger partial charge in [0.1, 0.15) is 11.8 Å². The normalized spacial score (nSPS) is 15.6. The number of carbonyl (C=O) groups excluding carboxylic acids is 3. The van der Waals surface area contributed by atoms with Gasteiger partial charge in [0.25, 0.3) is 5.91 Å². The van der Waals surface area contributed by atoms with Crippen LogP contribution in [0.15, 0.2) is 60.7 Å². The van der Waals surface area contributed by atoms with Gasteiger partial charge in [-0.25, -0.2) is 4.79 Å². The Kier molecular flexibility index (Phi) is 6.31. The van der Waals surface area contributed by atoms with Crippen LogP contribution >= 0.6 is 0 Å². The maximum atomic E-state index is 13.1. The highest BCUT2D eigenvalue weighted by atomic mass is 16.5. The molecule has 0 radical (unpaired) electrons. The van der Waals surface area contributed by atoms with Crippen LogP contribution in [-0.4, -0.2) is 46.4 Å². The molecule has 7 heteroatoms. The molecule has 1 saturated heterocycles. The minimum Gasteiger partial charge on any atom is -0.494 e. The molecule has 1 fully saturated rings. The van der Waals surface area contributed by atoms with E-state index in [1.807, 2.05) is 79.9 Å². The first-order valence-electron chi connectivity index (χ1n) is 11.0. The Balaban J connectivity index is 1.50. The Morgan fingerprint density at radius 1 is 1.03 bits per heavy atom. The predicted octanol–water partition coefficient (Wildman–Crippen LogP) is 3.84. The molecule has 1 atom stereocenters. The van der Waals surface area contributed by atoms with Crippen molar-refractivity contribution in [3.05, 3.63) is 83.2 Å². The SMILES string of the molecule is CCOc1ccc(-n2c(C)cc(C(=O)CN3C(=O)NC(Cc4ccccc4)C3=O)c2C)cc1. The third-order valence-electron chi connectivity index (χ3n) is 5.83. The Morgan fingerprint density at radius 2 is 1.73 bits per heavy atom. The fraction of sp³-hybridized carbons (Fsp3) is 0.269. The Bertz CT molecular complexity index is 1180. The molecule has 0 spiro atoms. The molecular weight excluding hydrogens is 418 g/mol. The highest BCUT2D eigenvalue weighted by Gasteiger charge is 2.39. The number of Topliss-reactive ketones (excluding diaryl/α,β-unsaturated/α-hetero) is 1. The lowest BCUT2D eigenvalue weighted by Gasteiger charge is -2.13. The summed E-state index contributed by atoms with van der Waals surface area (Å²) in [6, 6.07) is 17.7. The number of ether oxygens (including phenoxy) is 1. The molecule has 2 heterocycles. The smallest absolute Gasteiger partial charge is 0.325 e. The molecule has 1 unspecified atom stereocenters. The number of aromatic nitrogens is 1. The van der Waals surface area contributed by atoms with Crippen molar-refractivity contribution in [1.29, 1.82) is 0 Å². The van der Waals surface area contributed by atoms with Crippen LogP contribution in [0.4, 0.5) is 4.79 Å². The number of hydrogen-bond acceptors (Lipinski definition) is 4. The van der Waals surface area contributed by atoms with Crippen molar-refractivity contribution in [2.24, 2.45) is 0 Å². The number of aryl methyl sites for hydroxylation is 1. The van der Waals surface area contributed by atoms with Crippen molar-refractivity contribution >= 4 is 17.7 Å². The van der Waals surface area contributed by atoms with Gasteiger partial charge in [-0.05, 0) is 56.7 Å². The highest BCUT2D eigenvalue weighted by Crippen LogP contribution is 2.24. The van der Waals surface area contributed by atoms with Gasteiger partial charge in [0.15, 0.2) is 5.78 Å². The van der Waals surface area contributed by atoms with Crippen molar-refractivity contribution in [3.8, 4) is 11.4 Å². The maximum Gasteiger partial charge on any atom is 0.325 e. The predicted molar refractivity (Wildman–Crippen MR) is 125 cm³/mol. The van der Waals surface area contributed by atoms with Crippen molar-refractivity contribution in [2.45, 2.75) is 33.2 Å². The number of rotatable bonds is 8. The molecule has 1 aliphatic rings. The average molecular weight is 446 g/mol. The van der Waals surface area contributed by atoms with E-state index in [1.54, 1.807) is 6.07 Å². The van der Waals surface area contributed by atoms with Gasteiger partial charge in [0, 0.05) is 29.1 Å². The van der Waals surface area contributed by atoms with Gasteiger partial charge >= 0.3 is 6.03 Å². The van der Waals surface area contributed by atoms with Gasteiger partial charge in [-0.2, -0.15) is 0 Å². The van der Waals surface area contributed by atoms with E-state index in [9.17, 15) is 14.4 Å². The first kappa shape index (κ1) is 22.3. The molecule has 1 N–H and O–H groups in total. The van der Waals surface area contributed by atoms with Crippen LogP contribution in [0, 0.1) is 13.8 Å². The fourth-order valence-electron chi connectivity index (χ4n) is 4.24. The third-order valence-corrected chi connectivity index (χ3v) is 5.83. The van der Waals surface area contributed by atoms with Crippen molar-refractivity contribution in [2.75, 3.05) is 13.2 Å². The van der Waals surface area contributed by atoms with Gasteiger partial charge in [0.2, 0.25) is 0 Å². The van der Waals surface area contributed by atoms with Gasteiger partial charge in [-0.15, -0.1) is 0 Å². The molecule has 2 aromatic carbocycles. The number of carbonyl (C=O) groups is 3. The van der Waals surface area contributed by atoms with Gasteiger partial charge in [-0.3, -0.25) is 14.5 Å². The van der Waals surface area contributed by atoms with Crippen LogP contribution in [0.3, 0.4) is 0 Å². The number of ketones is 1. The van der Waals surface area contributed by atoms with Crippen LogP contribution in [-0.2, 0) is 11.2 Å². The summed E-state index contributed by atoms with van der Waals surface area (Å²) in [7, 11) is 0. The topological polar surface area (TPSA) is 80.6 Å². The van der Waals surface area contributed by atoms with Crippen LogP contribution in [0.1, 0.15) is 34.2 Å². The Morgan fingerprint density at radius 3 is 2.39 bits per heavy atom. The molecule has 0 aliphatic carbocycles. The summed E-state index contributed by atoms with van der Waals surface area (Å²) < 4.78 is 7.48. The summed E-state index contributed by atoms with van der Waals surface area (Å²) in [6.07, 6.45) is 0.391. The van der Waals surface area contributed by atoms with Crippen molar-refractivity contribution in [1.82, 2.24) is 14.8 Å². The lowest BCUT2D eigenvalue weighted by Crippen LogP contribution is -2.36. The van der Waals surface area contributed by atoms with E-state index in [4.69, 9.17) is 4.74 Å². The summed E-state index contributed by atoms with van der Waals surface area (Å²) in [5.74, 6) is 0.130. The number of nitrogens with one attached hydrogen (secondary N) is 1. The molecule has 4 rings (SSSR count). The zero-order chi connectivity index (χ0) is 23.5. The Labute approximate surface area is 193 Å². The highest BCUT2D eigenvalue weighted by molar-refractivity contribution is 6.09. The van der Waals surface area contributed by atoms with Crippen molar-refractivity contribution in [3.63, 3.8) is 0 Å². The van der Waals surface area contributed by atoms with Gasteiger partial charge < -0.3 is 14.6 Å². The second kappa shape index (κ2) is 9.32. The summed E-state index contributed by atoms with van der Waals surface area (Å²) in [5.41, 5.74) is 4.00. The van der Waals surface area contributed by atoms with Crippen LogP contribution in [0.2, 0.25) is 0 Å². The maximum absolute atomic E-state index is 13.1. The average Bonchev–Trinajstić information content (AvgIpc) is 3.25. The zero-order valence-electron chi connectivity index (χ0n) is 19.0. The van der Waals surface area contributed by atoms with Gasteiger partial charge in [0.05, 0.1) is 13.2 Å². The number of urea groups is 1. The first-order chi connectivity index (χ1) is 15.9. The number of imide groups is 1. The summed E-state index contributed by atoms with van der Waals surface area (Å²) in [5, 5.41) is 2.70. The standard InChI is InChI=1S/C26H27N3O4/c1-4-33-21-12-10-20(11-13-21)29-17(2)14-22(18(29)3)24(30)16-28-25(31)23(27-26(28)32)15-19-8-6-5-7-9-19/h5-14,23H,4,15-16H2,1-3H3,(H,27,32). The van der Waals surface area contributed by atoms with Crippen LogP contribution in [0.25, 0.3) is 5.69 Å². The first-order valence-corrected chi connectivity index (χ1v) is 11.0. The second-order valence-corrected chi connectivity index (χ2v) is 8.09. The molecule has 170 valence electrons. The molecule has 1 aromatic heterocycles. The third kappa shape index (κ3) is 4.53. The van der Waals surface area contributed by atoms with Gasteiger partial charge in [-0.1, -0.05) is 30.3 Å². The summed E-state index contributed by atoms with van der Waals surface area (Å²) in [6.45, 7) is 6.02. The number of nitrogens with zero attached hydrogens (tertiary/aromatic N) is 2. The summed E-state index contributed by atoms with van der Waals surface area (Å²) in [4.78, 5) is 39.4. The molecule has 0 saturated carbocycles. The molecule has 33 heavy (non-hydrogen) atoms. The number of hydrogen-bond donors (Lipinski definition) is 1. The molecule has 0 bridgehead atoms. The number of benzene rings is 2. The van der Waals surface area contributed by atoms with Crippen molar-refractivity contribution < 1.29 is 19.1 Å². The lowest BCUT2D eigenvalue weighted by molar-refractivity contribution is -0.127. The number of amides is 3. The Hall–Kier alpha value is -3.87. The lowest BCUT2D eigenvalue weighted by atomic mass is 10.1. The minimum absolute atomic E-state index is 0.274. The van der Waals surface area contributed by atoms with E-state index in [-0.39, 0.29) is 18.2 Å². The fourth-order valence-corrected chi connectivity index (χ4v) is 4.24. The second-order valence-electron chi connectivity index (χ2n) is 8.09. The van der Waals surface area contributed by atoms with E-state index < -0.39 is 12.1 Å². The molecule has 7 nitrogen and oxygen atoms in total. The van der Waals surface area contributed by atoms with E-state index in [0.717, 1.165) is 33.3 Å². The van der Waals surface area contributed by atoms with Crippen LogP contribution < -0.4 is 10.1 Å². The molecule has 3 amide bonds. The summed E-state index contributed by atoms with van der Waals surface area (Å²) >= 11 is 0. The van der Waals surface area contributed by atoms with Crippen LogP contribution in [0.5, 0.6) is 5.75 Å². The van der Waals surface area contributed by atoms with E-state index in [0.29, 0.717) is 18.6 Å². The molecular formula is C26H27N3O4. The molecule has 1 aliphatic heterocycles. The monoisotopic (exact) mass is 445 g/mol. The van der Waals surface area contributed by atoms with E-state index >= 15 is 0 Å². The van der Waals surface area contributed by atoms with E-state index in [2.05, 4.69) is 5.32 Å². The largest absolute Gasteiger partial charge is 0.494 e. The molecule has 3 aromatic rings. The quantitative estimate of drug-likeness (QED) is 0.422. The van der Waals surface area contributed by atoms with E-state index in [1.165, 1.54) is 0 Å². The minimum atomic E-state index is -0.663.